The summed E-state index contributed by atoms with van der Waals surface area (Å²) in [6.45, 7) is 0. The zero-order valence-electron chi connectivity index (χ0n) is 13.9. The van der Waals surface area contributed by atoms with E-state index in [1.807, 2.05) is 6.07 Å². The van der Waals surface area contributed by atoms with E-state index in [9.17, 15) is 0 Å². The molecule has 0 bridgehead atoms. The molecule has 0 heterocycles. The van der Waals surface area contributed by atoms with Gasteiger partial charge in [-0.2, -0.15) is 47.3 Å². The Labute approximate surface area is 225 Å². The van der Waals surface area contributed by atoms with Gasteiger partial charge in [0.2, 0.25) is 0 Å². The molecule has 0 spiro atoms. The van der Waals surface area contributed by atoms with Gasteiger partial charge in [-0.25, -0.2) is 0 Å². The zero-order chi connectivity index (χ0) is 14.8. The second kappa shape index (κ2) is 12.7. The van der Waals surface area contributed by atoms with Crippen molar-refractivity contribution in [2.45, 2.75) is 6.42 Å². The average molecular weight is 840 g/mol. The van der Waals surface area contributed by atoms with Gasteiger partial charge in [0.1, 0.15) is 0 Å². The van der Waals surface area contributed by atoms with E-state index in [1.54, 1.807) is 0 Å². The number of hydrogen-bond donors (Lipinski definition) is 0. The number of rotatable bonds is 0. The maximum atomic E-state index is 3.30. The third-order valence-corrected chi connectivity index (χ3v) is 4.16. The average Bonchev–Trinajstić information content (AvgIpc) is 3.19. The molecule has 1 aliphatic rings. The SMILES string of the molecule is [Hf].[I-].[I-].[I-].[c-]1cccc2c1Cc1ccccc1-2.c1ccc2[cH-]ccc2c1. The Hall–Kier alpha value is 0.330. The van der Waals surface area contributed by atoms with E-state index in [-0.39, 0.29) is 97.8 Å². The molecule has 0 aromatic heterocycles. The number of fused-ring (bicyclic) bond motifs is 4. The molecule has 0 saturated heterocycles. The Kier molecular flexibility index (Phi) is 12.9. The van der Waals surface area contributed by atoms with Crippen LogP contribution in [0.1, 0.15) is 11.1 Å². The Morgan fingerprint density at radius 2 is 1.42 bits per heavy atom. The van der Waals surface area contributed by atoms with Crippen LogP contribution in [0.25, 0.3) is 21.9 Å². The van der Waals surface area contributed by atoms with Gasteiger partial charge in [-0.1, -0.05) is 41.5 Å². The van der Waals surface area contributed by atoms with Crippen LogP contribution in [0.3, 0.4) is 0 Å². The fourth-order valence-electron chi connectivity index (χ4n) is 3.07. The minimum Gasteiger partial charge on any atom is -1.00 e. The van der Waals surface area contributed by atoms with E-state index in [0.717, 1.165) is 6.42 Å². The second-order valence-electron chi connectivity index (χ2n) is 5.55. The predicted molar refractivity (Wildman–Crippen MR) is 93.1 cm³/mol. The van der Waals surface area contributed by atoms with Crippen LogP contribution in [0.4, 0.5) is 0 Å². The van der Waals surface area contributed by atoms with Crippen molar-refractivity contribution in [3.8, 4) is 11.1 Å². The molecule has 0 saturated carbocycles. The Morgan fingerprint density at radius 1 is 0.731 bits per heavy atom. The van der Waals surface area contributed by atoms with E-state index in [1.165, 1.54) is 33.0 Å². The van der Waals surface area contributed by atoms with Crippen molar-refractivity contribution in [1.29, 1.82) is 0 Å². The van der Waals surface area contributed by atoms with Gasteiger partial charge >= 0.3 is 0 Å². The molecule has 0 aliphatic heterocycles. The number of hydrogen-bond acceptors (Lipinski definition) is 0. The minimum atomic E-state index is 0. The van der Waals surface area contributed by atoms with E-state index < -0.39 is 0 Å². The molecule has 0 fully saturated rings. The summed E-state index contributed by atoms with van der Waals surface area (Å²) in [5.41, 5.74) is 5.51. The second-order valence-corrected chi connectivity index (χ2v) is 5.55. The van der Waals surface area contributed by atoms with Gasteiger partial charge in [-0.05, 0) is 6.42 Å². The van der Waals surface area contributed by atoms with Gasteiger partial charge in [0, 0.05) is 25.8 Å². The number of benzene rings is 3. The van der Waals surface area contributed by atoms with Crippen molar-refractivity contribution in [2.75, 3.05) is 0 Å². The predicted octanol–water partition coefficient (Wildman–Crippen LogP) is -3.37. The van der Waals surface area contributed by atoms with Crippen LogP contribution in [0.2, 0.25) is 0 Å². The van der Waals surface area contributed by atoms with Crippen molar-refractivity contribution in [1.82, 2.24) is 0 Å². The summed E-state index contributed by atoms with van der Waals surface area (Å²) in [5, 5.41) is 2.66. The van der Waals surface area contributed by atoms with Gasteiger partial charge in [0.15, 0.2) is 0 Å². The molecular weight excluding hydrogens is 823 g/mol. The largest absolute Gasteiger partial charge is 1.00 e. The smallest absolute Gasteiger partial charge is 0 e. The Balaban J connectivity index is 0.000000436. The molecule has 0 N–H and O–H groups in total. The van der Waals surface area contributed by atoms with Crippen molar-refractivity contribution in [3.05, 3.63) is 102 Å². The van der Waals surface area contributed by atoms with Crippen LogP contribution < -0.4 is 71.9 Å². The topological polar surface area (TPSA) is 0 Å². The first-order valence-electron chi connectivity index (χ1n) is 7.60. The first-order valence-corrected chi connectivity index (χ1v) is 7.60. The third kappa shape index (κ3) is 5.91. The van der Waals surface area contributed by atoms with E-state index in [4.69, 9.17) is 0 Å². The maximum Gasteiger partial charge on any atom is 0 e. The zero-order valence-corrected chi connectivity index (χ0v) is 24.0. The van der Waals surface area contributed by atoms with Crippen LogP contribution in [-0.2, 0) is 32.3 Å². The van der Waals surface area contributed by atoms with Gasteiger partial charge in [-0.15, -0.1) is 35.2 Å². The van der Waals surface area contributed by atoms with Crippen molar-refractivity contribution in [2.24, 2.45) is 0 Å². The molecule has 4 aromatic carbocycles. The number of halogens is 3. The Bertz CT molecular complexity index is 857. The Morgan fingerprint density at radius 3 is 2.23 bits per heavy atom. The molecule has 4 heteroatoms. The molecule has 0 atom stereocenters. The summed E-state index contributed by atoms with van der Waals surface area (Å²) in [6.07, 6.45) is 1.05. The molecule has 26 heavy (non-hydrogen) atoms. The standard InChI is InChI=1S/C13H9.C9H7.Hf.3HI/c1-3-7-12-10(5-1)9-11-6-2-4-8-13(11)12;1-2-5-9-7-3-6-8(9)4-1;;;;/h1-5,7-8H,9H2;1-7H;;3*1H/q2*-1;;;;/p-3. The molecule has 1 aliphatic carbocycles. The summed E-state index contributed by atoms with van der Waals surface area (Å²) in [5.74, 6) is 0. The van der Waals surface area contributed by atoms with Gasteiger partial charge in [0.25, 0.3) is 0 Å². The quantitative estimate of drug-likeness (QED) is 0.0870. The molecule has 134 valence electrons. The molecule has 4 aromatic rings. The first kappa shape index (κ1) is 26.3. The fourth-order valence-corrected chi connectivity index (χ4v) is 3.07. The summed E-state index contributed by atoms with van der Waals surface area (Å²) in [6, 6.07) is 32.8. The van der Waals surface area contributed by atoms with Crippen LogP contribution in [0.5, 0.6) is 0 Å². The molecule has 5 rings (SSSR count). The maximum absolute atomic E-state index is 3.30. The van der Waals surface area contributed by atoms with Gasteiger partial charge in [-0.3, -0.25) is 0 Å². The van der Waals surface area contributed by atoms with Gasteiger partial charge < -0.3 is 71.9 Å². The van der Waals surface area contributed by atoms with E-state index in [0.29, 0.717) is 0 Å². The monoisotopic (exact) mass is 841 g/mol. The first-order chi connectivity index (χ1) is 10.9. The normalized spacial score (nSPS) is 9.69. The van der Waals surface area contributed by atoms with Crippen LogP contribution in [0.15, 0.2) is 84.9 Å². The van der Waals surface area contributed by atoms with Crippen LogP contribution in [-0.4, -0.2) is 0 Å². The summed E-state index contributed by atoms with van der Waals surface area (Å²) >= 11 is 0. The van der Waals surface area contributed by atoms with Crippen LogP contribution in [0, 0.1) is 6.07 Å². The van der Waals surface area contributed by atoms with Crippen molar-refractivity contribution < 1.29 is 97.8 Å². The molecule has 0 unspecified atom stereocenters. The summed E-state index contributed by atoms with van der Waals surface area (Å²) < 4.78 is 0. The van der Waals surface area contributed by atoms with Crippen molar-refractivity contribution in [3.63, 3.8) is 0 Å². The van der Waals surface area contributed by atoms with E-state index in [2.05, 4.69) is 84.9 Å². The summed E-state index contributed by atoms with van der Waals surface area (Å²) in [4.78, 5) is 0. The molecule has 0 amide bonds. The minimum absolute atomic E-state index is 0. The van der Waals surface area contributed by atoms with E-state index >= 15 is 0 Å². The summed E-state index contributed by atoms with van der Waals surface area (Å²) in [7, 11) is 0. The van der Waals surface area contributed by atoms with Crippen LogP contribution >= 0.6 is 0 Å². The molecule has 0 radical (unpaired) electrons. The molecular formula is C22H16HfI3-5. The third-order valence-electron chi connectivity index (χ3n) is 4.16. The van der Waals surface area contributed by atoms with Crippen molar-refractivity contribution >= 4 is 10.8 Å². The van der Waals surface area contributed by atoms with Gasteiger partial charge in [0.05, 0.1) is 0 Å². The fraction of sp³-hybridized carbons (Fsp3) is 0.0455. The molecule has 0 nitrogen and oxygen atoms in total.